The maximum Gasteiger partial charge on any atom is 0.488 e. The predicted molar refractivity (Wildman–Crippen MR) is 55.5 cm³/mol. The van der Waals surface area contributed by atoms with E-state index in [1.54, 1.807) is 0 Å². The van der Waals surface area contributed by atoms with Crippen LogP contribution < -0.4 is 11.5 Å². The van der Waals surface area contributed by atoms with Crippen molar-refractivity contribution < 1.29 is 30.9 Å². The van der Waals surface area contributed by atoms with Crippen molar-refractivity contribution >= 4 is 0 Å². The quantitative estimate of drug-likeness (QED) is 0.367. The van der Waals surface area contributed by atoms with E-state index in [-0.39, 0.29) is 33.9 Å². The molecule has 0 aromatic carbocycles. The van der Waals surface area contributed by atoms with Gasteiger partial charge in [0, 0.05) is 21.1 Å². The fourth-order valence-corrected chi connectivity index (χ4v) is 2.16. The molecular weight excluding hydrogens is 411 g/mol. The maximum atomic E-state index is 11.0. The SMILES string of the molecule is NC1(N)CCCCCCC1([N+](=O)[O-])[N+](=O)[O-].[Pt]. The summed E-state index contributed by atoms with van der Waals surface area (Å²) in [7, 11) is 0. The second-order valence-electron chi connectivity index (χ2n) is 4.29. The van der Waals surface area contributed by atoms with Crippen LogP contribution in [0.1, 0.15) is 38.5 Å². The third kappa shape index (κ3) is 2.81. The molecule has 0 radical (unpaired) electrons. The molecule has 102 valence electrons. The van der Waals surface area contributed by atoms with Crippen LogP contribution in [-0.2, 0) is 21.1 Å². The molecule has 9 heteroatoms. The van der Waals surface area contributed by atoms with E-state index in [9.17, 15) is 20.2 Å². The summed E-state index contributed by atoms with van der Waals surface area (Å²) in [5, 5.41) is 22.0. The van der Waals surface area contributed by atoms with Crippen molar-refractivity contribution in [1.82, 2.24) is 0 Å². The van der Waals surface area contributed by atoms with Gasteiger partial charge in [-0.2, -0.15) is 0 Å². The Morgan fingerprint density at radius 2 is 1.29 bits per heavy atom. The average molecular weight is 427 g/mol. The van der Waals surface area contributed by atoms with Crippen molar-refractivity contribution in [2.24, 2.45) is 11.5 Å². The second kappa shape index (κ2) is 5.84. The Labute approximate surface area is 113 Å². The van der Waals surface area contributed by atoms with Gasteiger partial charge < -0.3 is 11.5 Å². The fraction of sp³-hybridized carbons (Fsp3) is 1.00. The summed E-state index contributed by atoms with van der Waals surface area (Å²) in [6, 6.07) is 0. The molecule has 0 amide bonds. The Morgan fingerprint density at radius 1 is 0.882 bits per heavy atom. The Balaban J connectivity index is 0.00000256. The zero-order chi connectivity index (χ0) is 12.4. The van der Waals surface area contributed by atoms with Gasteiger partial charge in [-0.1, -0.05) is 12.8 Å². The van der Waals surface area contributed by atoms with E-state index in [1.807, 2.05) is 0 Å². The van der Waals surface area contributed by atoms with E-state index in [0.717, 1.165) is 12.8 Å². The first-order chi connectivity index (χ1) is 7.34. The fourth-order valence-electron chi connectivity index (χ4n) is 2.16. The van der Waals surface area contributed by atoms with Crippen LogP contribution >= 0.6 is 0 Å². The first-order valence-electron chi connectivity index (χ1n) is 5.21. The molecule has 1 aliphatic rings. The van der Waals surface area contributed by atoms with E-state index >= 15 is 0 Å². The minimum Gasteiger partial charge on any atom is -0.301 e. The van der Waals surface area contributed by atoms with Gasteiger partial charge in [0.25, 0.3) is 0 Å². The molecule has 17 heavy (non-hydrogen) atoms. The summed E-state index contributed by atoms with van der Waals surface area (Å²) in [6.45, 7) is 0. The molecule has 0 spiro atoms. The van der Waals surface area contributed by atoms with E-state index in [2.05, 4.69) is 0 Å². The van der Waals surface area contributed by atoms with Gasteiger partial charge in [-0.25, -0.2) is 0 Å². The minimum atomic E-state index is -2.45. The zero-order valence-corrected chi connectivity index (χ0v) is 11.5. The largest absolute Gasteiger partial charge is 0.488 e. The molecule has 1 rings (SSSR count). The molecule has 0 aromatic heterocycles. The molecule has 1 aliphatic carbocycles. The van der Waals surface area contributed by atoms with Crippen molar-refractivity contribution in [2.75, 3.05) is 0 Å². The van der Waals surface area contributed by atoms with Crippen LogP contribution in [-0.4, -0.2) is 21.2 Å². The molecule has 0 atom stereocenters. The van der Waals surface area contributed by atoms with Gasteiger partial charge >= 0.3 is 5.66 Å². The average Bonchev–Trinajstić information content (AvgIpc) is 2.11. The molecule has 0 bridgehead atoms. The number of rotatable bonds is 2. The monoisotopic (exact) mass is 427 g/mol. The Bertz CT molecular complexity index is 296. The van der Waals surface area contributed by atoms with Crippen LogP contribution in [0.15, 0.2) is 0 Å². The molecule has 1 saturated carbocycles. The van der Waals surface area contributed by atoms with Gasteiger partial charge in [0.1, 0.15) is 9.85 Å². The molecule has 0 unspecified atom stereocenters. The molecule has 4 N–H and O–H groups in total. The standard InChI is InChI=1S/C8H16N4O4.Pt/c9-7(10)5-3-1-2-4-6-8(7,11(13)14)12(15)16;/h1-6,9-10H2;. The topological polar surface area (TPSA) is 138 Å². The summed E-state index contributed by atoms with van der Waals surface area (Å²) in [4.78, 5) is 20.1. The van der Waals surface area contributed by atoms with Gasteiger partial charge in [-0.05, 0) is 19.3 Å². The van der Waals surface area contributed by atoms with Crippen molar-refractivity contribution in [2.45, 2.75) is 49.9 Å². The second-order valence-corrected chi connectivity index (χ2v) is 4.29. The van der Waals surface area contributed by atoms with Crippen LogP contribution in [0.4, 0.5) is 0 Å². The van der Waals surface area contributed by atoms with Crippen molar-refractivity contribution in [3.8, 4) is 0 Å². The minimum absolute atomic E-state index is 0. The molecule has 0 heterocycles. The third-order valence-corrected chi connectivity index (χ3v) is 3.22. The van der Waals surface area contributed by atoms with Crippen LogP contribution in [0.5, 0.6) is 0 Å². The van der Waals surface area contributed by atoms with Crippen LogP contribution in [0.25, 0.3) is 0 Å². The number of nitrogens with two attached hydrogens (primary N) is 2. The van der Waals surface area contributed by atoms with E-state index in [4.69, 9.17) is 11.5 Å². The molecule has 1 fully saturated rings. The van der Waals surface area contributed by atoms with Crippen LogP contribution in [0.3, 0.4) is 0 Å². The van der Waals surface area contributed by atoms with Crippen LogP contribution in [0.2, 0.25) is 0 Å². The number of hydrogen-bond acceptors (Lipinski definition) is 6. The van der Waals surface area contributed by atoms with Crippen LogP contribution in [0, 0.1) is 20.2 Å². The van der Waals surface area contributed by atoms with Gasteiger partial charge in [-0.3, -0.25) is 20.2 Å². The Kier molecular flexibility index (Phi) is 5.63. The first-order valence-corrected chi connectivity index (χ1v) is 5.21. The first kappa shape index (κ1) is 16.4. The molecular formula is C8H16N4O4Pt. The van der Waals surface area contributed by atoms with E-state index in [0.29, 0.717) is 12.8 Å². The predicted octanol–water partition coefficient (Wildman–Crippen LogP) is 0.201. The third-order valence-electron chi connectivity index (χ3n) is 3.22. The smallest absolute Gasteiger partial charge is 0.301 e. The normalized spacial score (nSPS) is 22.7. The number of nitro groups is 2. The molecule has 0 aliphatic heterocycles. The van der Waals surface area contributed by atoms with Crippen molar-refractivity contribution in [3.05, 3.63) is 20.2 Å². The van der Waals surface area contributed by atoms with E-state index < -0.39 is 21.2 Å². The Morgan fingerprint density at radius 3 is 1.71 bits per heavy atom. The van der Waals surface area contributed by atoms with Gasteiger partial charge in [0.2, 0.25) is 5.66 Å². The maximum absolute atomic E-state index is 11.0. The Hall–Kier alpha value is -0.592. The molecule has 8 nitrogen and oxygen atoms in total. The zero-order valence-electron chi connectivity index (χ0n) is 9.24. The summed E-state index contributed by atoms with van der Waals surface area (Å²) in [5.74, 6) is 0. The molecule has 0 aromatic rings. The number of nitrogens with zero attached hydrogens (tertiary/aromatic N) is 2. The van der Waals surface area contributed by atoms with Gasteiger partial charge in [-0.15, -0.1) is 0 Å². The van der Waals surface area contributed by atoms with Crippen molar-refractivity contribution in [1.29, 1.82) is 0 Å². The molecule has 0 saturated heterocycles. The number of hydrogen-bond donors (Lipinski definition) is 2. The summed E-state index contributed by atoms with van der Waals surface area (Å²) in [6.07, 6.45) is 2.45. The van der Waals surface area contributed by atoms with E-state index in [1.165, 1.54) is 0 Å². The van der Waals surface area contributed by atoms with Gasteiger partial charge in [0.15, 0.2) is 0 Å². The van der Waals surface area contributed by atoms with Gasteiger partial charge in [0.05, 0.1) is 6.42 Å². The summed E-state index contributed by atoms with van der Waals surface area (Å²) < 4.78 is 0. The van der Waals surface area contributed by atoms with Crippen molar-refractivity contribution in [3.63, 3.8) is 0 Å². The summed E-state index contributed by atoms with van der Waals surface area (Å²) in [5.41, 5.74) is 6.91. The summed E-state index contributed by atoms with van der Waals surface area (Å²) >= 11 is 0.